The molecular formula is C14H14FNS. The molecule has 0 saturated carbocycles. The summed E-state index contributed by atoms with van der Waals surface area (Å²) in [7, 11) is 0. The molecule has 0 aliphatic rings. The number of thiol groups is 1. The Hall–Kier alpha value is -1.35. The molecule has 3 heteroatoms. The molecule has 2 rings (SSSR count). The summed E-state index contributed by atoms with van der Waals surface area (Å²) >= 11 is 4.42. The van der Waals surface area contributed by atoms with Gasteiger partial charge in [0.15, 0.2) is 0 Å². The second-order valence-electron chi connectivity index (χ2n) is 3.96. The van der Waals surface area contributed by atoms with Crippen molar-refractivity contribution in [2.75, 3.05) is 0 Å². The normalized spacial score (nSPS) is 10.5. The molecule has 0 aliphatic carbocycles. The molecule has 88 valence electrons. The molecule has 1 aromatic carbocycles. The van der Waals surface area contributed by atoms with Crippen LogP contribution in [0.4, 0.5) is 4.39 Å². The second-order valence-corrected chi connectivity index (χ2v) is 4.44. The van der Waals surface area contributed by atoms with E-state index in [1.807, 2.05) is 6.07 Å². The van der Waals surface area contributed by atoms with E-state index in [9.17, 15) is 4.39 Å². The van der Waals surface area contributed by atoms with Crippen molar-refractivity contribution in [1.29, 1.82) is 0 Å². The van der Waals surface area contributed by atoms with Crippen molar-refractivity contribution >= 4 is 12.6 Å². The van der Waals surface area contributed by atoms with Crippen LogP contribution >= 0.6 is 12.6 Å². The number of pyridine rings is 1. The van der Waals surface area contributed by atoms with Gasteiger partial charge in [0.25, 0.3) is 0 Å². The fraction of sp³-hybridized carbons (Fsp3) is 0.214. The van der Waals surface area contributed by atoms with Gasteiger partial charge in [0.1, 0.15) is 5.82 Å². The Morgan fingerprint density at radius 3 is 2.71 bits per heavy atom. The summed E-state index contributed by atoms with van der Waals surface area (Å²) in [6, 6.07) is 9.21. The van der Waals surface area contributed by atoms with Crippen LogP contribution in [0.3, 0.4) is 0 Å². The minimum absolute atomic E-state index is 0.320. The Morgan fingerprint density at radius 2 is 2.06 bits per heavy atom. The lowest BCUT2D eigenvalue weighted by molar-refractivity contribution is 0.622. The fourth-order valence-corrected chi connectivity index (χ4v) is 2.02. The lowest BCUT2D eigenvalue weighted by atomic mass is 10.0. The van der Waals surface area contributed by atoms with Crippen LogP contribution in [-0.4, -0.2) is 4.98 Å². The van der Waals surface area contributed by atoms with E-state index in [0.29, 0.717) is 0 Å². The fourth-order valence-electron chi connectivity index (χ4n) is 1.77. The third kappa shape index (κ3) is 2.86. The predicted molar refractivity (Wildman–Crippen MR) is 70.9 cm³/mol. The highest BCUT2D eigenvalue weighted by atomic mass is 32.1. The first-order chi connectivity index (χ1) is 8.20. The van der Waals surface area contributed by atoms with Gasteiger partial charge in [0, 0.05) is 10.5 Å². The second kappa shape index (κ2) is 5.32. The minimum atomic E-state index is -0.320. The van der Waals surface area contributed by atoms with E-state index in [2.05, 4.69) is 36.7 Å². The molecule has 0 radical (unpaired) electrons. The third-order valence-electron chi connectivity index (χ3n) is 2.60. The molecule has 17 heavy (non-hydrogen) atoms. The van der Waals surface area contributed by atoms with E-state index in [1.54, 1.807) is 6.07 Å². The van der Waals surface area contributed by atoms with Crippen LogP contribution in [0.2, 0.25) is 0 Å². The molecule has 0 spiro atoms. The molecular weight excluding hydrogens is 233 g/mol. The van der Waals surface area contributed by atoms with Crippen LogP contribution in [0.25, 0.3) is 11.3 Å². The van der Waals surface area contributed by atoms with Crippen molar-refractivity contribution in [3.8, 4) is 11.3 Å². The monoisotopic (exact) mass is 247 g/mol. The van der Waals surface area contributed by atoms with Gasteiger partial charge in [-0.3, -0.25) is 4.98 Å². The van der Waals surface area contributed by atoms with Crippen LogP contribution < -0.4 is 0 Å². The smallest absolute Gasteiger partial charge is 0.141 e. The predicted octanol–water partition coefficient (Wildman–Crippen LogP) is 4.13. The lowest BCUT2D eigenvalue weighted by Gasteiger charge is -2.07. The summed E-state index contributed by atoms with van der Waals surface area (Å²) in [6.45, 7) is 2.14. The molecule has 2 aromatic rings. The van der Waals surface area contributed by atoms with Crippen molar-refractivity contribution < 1.29 is 4.39 Å². The zero-order valence-electron chi connectivity index (χ0n) is 9.65. The number of rotatable bonds is 3. The molecule has 1 nitrogen and oxygen atoms in total. The Bertz CT molecular complexity index is 508. The van der Waals surface area contributed by atoms with Gasteiger partial charge in [-0.05, 0) is 36.2 Å². The number of benzene rings is 1. The Labute approximate surface area is 106 Å². The number of hydrogen-bond donors (Lipinski definition) is 1. The van der Waals surface area contributed by atoms with Gasteiger partial charge < -0.3 is 0 Å². The Kier molecular flexibility index (Phi) is 3.79. The first kappa shape index (κ1) is 12.1. The largest absolute Gasteiger partial charge is 0.253 e. The minimum Gasteiger partial charge on any atom is -0.253 e. The van der Waals surface area contributed by atoms with Crippen molar-refractivity contribution in [3.05, 3.63) is 47.9 Å². The summed E-state index contributed by atoms with van der Waals surface area (Å²) < 4.78 is 12.8. The highest BCUT2D eigenvalue weighted by Gasteiger charge is 2.05. The maximum Gasteiger partial charge on any atom is 0.141 e. The topological polar surface area (TPSA) is 12.9 Å². The molecule has 1 heterocycles. The van der Waals surface area contributed by atoms with E-state index >= 15 is 0 Å². The van der Waals surface area contributed by atoms with Gasteiger partial charge in [-0.15, -0.1) is 12.6 Å². The number of aromatic nitrogens is 1. The zero-order chi connectivity index (χ0) is 12.3. The lowest BCUT2D eigenvalue weighted by Crippen LogP contribution is -1.89. The highest BCUT2D eigenvalue weighted by Crippen LogP contribution is 2.26. The molecule has 0 bridgehead atoms. The van der Waals surface area contributed by atoms with Crippen molar-refractivity contribution in [3.63, 3.8) is 0 Å². The number of nitrogens with zero attached hydrogens (tertiary/aromatic N) is 1. The number of aryl methyl sites for hydroxylation is 1. The van der Waals surface area contributed by atoms with E-state index in [-0.39, 0.29) is 5.82 Å². The van der Waals surface area contributed by atoms with Crippen LogP contribution in [0, 0.1) is 5.82 Å². The maximum absolute atomic E-state index is 12.8. The standard InChI is InChI=1S/C14H14FNS/c1-2-3-10-4-7-14(17)12(8-10)13-6-5-11(15)9-16-13/h4-9,17H,2-3H2,1H3. The van der Waals surface area contributed by atoms with E-state index < -0.39 is 0 Å². The molecule has 0 fully saturated rings. The SMILES string of the molecule is CCCc1ccc(S)c(-c2ccc(F)cn2)c1. The quantitative estimate of drug-likeness (QED) is 0.805. The molecule has 0 N–H and O–H groups in total. The molecule has 1 aromatic heterocycles. The average Bonchev–Trinajstić information content (AvgIpc) is 2.33. The molecule has 0 atom stereocenters. The van der Waals surface area contributed by atoms with Crippen LogP contribution in [0.5, 0.6) is 0 Å². The van der Waals surface area contributed by atoms with E-state index in [4.69, 9.17) is 0 Å². The summed E-state index contributed by atoms with van der Waals surface area (Å²) in [4.78, 5) is 4.95. The van der Waals surface area contributed by atoms with Gasteiger partial charge >= 0.3 is 0 Å². The average molecular weight is 247 g/mol. The van der Waals surface area contributed by atoms with E-state index in [1.165, 1.54) is 17.8 Å². The summed E-state index contributed by atoms with van der Waals surface area (Å²) in [5.41, 5.74) is 2.97. The first-order valence-corrected chi connectivity index (χ1v) is 6.09. The van der Waals surface area contributed by atoms with Crippen molar-refractivity contribution in [2.24, 2.45) is 0 Å². The van der Waals surface area contributed by atoms with E-state index in [0.717, 1.165) is 29.0 Å². The highest BCUT2D eigenvalue weighted by molar-refractivity contribution is 7.80. The van der Waals surface area contributed by atoms with Crippen LogP contribution in [-0.2, 0) is 6.42 Å². The zero-order valence-corrected chi connectivity index (χ0v) is 10.5. The van der Waals surface area contributed by atoms with Gasteiger partial charge in [-0.1, -0.05) is 19.4 Å². The molecule has 0 aliphatic heterocycles. The maximum atomic E-state index is 12.8. The summed E-state index contributed by atoms with van der Waals surface area (Å²) in [5, 5.41) is 0. The molecule has 0 unspecified atom stereocenters. The summed E-state index contributed by atoms with van der Waals surface area (Å²) in [6.07, 6.45) is 3.36. The van der Waals surface area contributed by atoms with Gasteiger partial charge in [0.05, 0.1) is 11.9 Å². The number of hydrogen-bond acceptors (Lipinski definition) is 2. The van der Waals surface area contributed by atoms with Crippen LogP contribution in [0.1, 0.15) is 18.9 Å². The first-order valence-electron chi connectivity index (χ1n) is 5.64. The van der Waals surface area contributed by atoms with Gasteiger partial charge in [-0.2, -0.15) is 0 Å². The third-order valence-corrected chi connectivity index (χ3v) is 2.99. The van der Waals surface area contributed by atoms with Gasteiger partial charge in [0.2, 0.25) is 0 Å². The Morgan fingerprint density at radius 1 is 1.24 bits per heavy atom. The Balaban J connectivity index is 2.42. The molecule has 0 saturated heterocycles. The number of halogens is 1. The van der Waals surface area contributed by atoms with Gasteiger partial charge in [-0.25, -0.2) is 4.39 Å². The molecule has 0 amide bonds. The summed E-state index contributed by atoms with van der Waals surface area (Å²) in [5.74, 6) is -0.320. The van der Waals surface area contributed by atoms with Crippen molar-refractivity contribution in [2.45, 2.75) is 24.7 Å². The van der Waals surface area contributed by atoms with Crippen molar-refractivity contribution in [1.82, 2.24) is 4.98 Å². The van der Waals surface area contributed by atoms with Crippen LogP contribution in [0.15, 0.2) is 41.4 Å².